The van der Waals surface area contributed by atoms with Crippen molar-refractivity contribution in [3.8, 4) is 0 Å². The van der Waals surface area contributed by atoms with Crippen LogP contribution in [0.1, 0.15) is 32.9 Å². The Hall–Kier alpha value is -2.93. The van der Waals surface area contributed by atoms with E-state index < -0.39 is 12.6 Å². The summed E-state index contributed by atoms with van der Waals surface area (Å²) in [6.45, 7) is 6.75. The lowest BCUT2D eigenvalue weighted by molar-refractivity contribution is 0.0603. The number of benzene rings is 2. The van der Waals surface area contributed by atoms with Gasteiger partial charge in [-0.25, -0.2) is 14.2 Å². The van der Waals surface area contributed by atoms with Gasteiger partial charge in [-0.05, 0) is 42.7 Å². The molecule has 2 heterocycles. The summed E-state index contributed by atoms with van der Waals surface area (Å²) in [5.41, 5.74) is 5.55. The molecule has 1 aromatic heterocycles. The number of aryl methyl sites for hydroxylation is 1. The molecule has 0 spiro atoms. The third-order valence-corrected chi connectivity index (χ3v) is 5.84. The van der Waals surface area contributed by atoms with E-state index in [0.717, 1.165) is 41.2 Å². The number of ether oxygens (including phenoxy) is 2. The first-order valence-corrected chi connectivity index (χ1v) is 10.1. The SMILES string of the molecule is COC(=O)c1cc(N2CCOCC2)cc2c1nc(C)n2Cc1cccc(CF)c1C. The molecule has 4 rings (SSSR count). The minimum absolute atomic E-state index is 0.407. The van der Waals surface area contributed by atoms with Crippen LogP contribution in [0, 0.1) is 13.8 Å². The molecule has 0 bridgehead atoms. The first-order chi connectivity index (χ1) is 14.5. The minimum atomic E-state index is -0.489. The van der Waals surface area contributed by atoms with Gasteiger partial charge in [0.2, 0.25) is 0 Å². The molecule has 158 valence electrons. The molecule has 0 radical (unpaired) electrons. The van der Waals surface area contributed by atoms with Crippen molar-refractivity contribution >= 4 is 22.7 Å². The van der Waals surface area contributed by atoms with E-state index >= 15 is 0 Å². The van der Waals surface area contributed by atoms with Crippen LogP contribution in [-0.4, -0.2) is 48.9 Å². The van der Waals surface area contributed by atoms with E-state index in [1.807, 2.05) is 38.1 Å². The van der Waals surface area contributed by atoms with Crippen molar-refractivity contribution in [2.45, 2.75) is 27.1 Å². The fourth-order valence-corrected chi connectivity index (χ4v) is 4.02. The van der Waals surface area contributed by atoms with Gasteiger partial charge in [-0.15, -0.1) is 0 Å². The summed E-state index contributed by atoms with van der Waals surface area (Å²) in [5, 5.41) is 0. The van der Waals surface area contributed by atoms with Crippen LogP contribution in [0.5, 0.6) is 0 Å². The number of hydrogen-bond donors (Lipinski definition) is 0. The molecule has 0 atom stereocenters. The second kappa shape index (κ2) is 8.44. The molecule has 1 saturated heterocycles. The molecule has 1 aliphatic heterocycles. The molecule has 0 N–H and O–H groups in total. The van der Waals surface area contributed by atoms with Crippen molar-refractivity contribution in [2.75, 3.05) is 38.3 Å². The van der Waals surface area contributed by atoms with E-state index in [1.54, 1.807) is 0 Å². The van der Waals surface area contributed by atoms with E-state index in [9.17, 15) is 9.18 Å². The topological polar surface area (TPSA) is 56.6 Å². The molecule has 3 aromatic rings. The van der Waals surface area contributed by atoms with E-state index in [4.69, 9.17) is 9.47 Å². The zero-order chi connectivity index (χ0) is 21.3. The molecule has 7 heteroatoms. The van der Waals surface area contributed by atoms with Gasteiger partial charge in [-0.1, -0.05) is 18.2 Å². The van der Waals surface area contributed by atoms with E-state index in [0.29, 0.717) is 36.4 Å². The van der Waals surface area contributed by atoms with Crippen LogP contribution in [0.25, 0.3) is 11.0 Å². The summed E-state index contributed by atoms with van der Waals surface area (Å²) in [6.07, 6.45) is 0. The van der Waals surface area contributed by atoms with Crippen LogP contribution in [0.3, 0.4) is 0 Å². The summed E-state index contributed by atoms with van der Waals surface area (Å²) in [5.74, 6) is 0.384. The van der Waals surface area contributed by atoms with Gasteiger partial charge in [-0.3, -0.25) is 0 Å². The van der Waals surface area contributed by atoms with Gasteiger partial charge in [0, 0.05) is 25.3 Å². The second-order valence-corrected chi connectivity index (χ2v) is 7.53. The highest BCUT2D eigenvalue weighted by molar-refractivity contribution is 6.04. The lowest BCUT2D eigenvalue weighted by atomic mass is 10.0. The Kier molecular flexibility index (Phi) is 5.72. The highest BCUT2D eigenvalue weighted by atomic mass is 19.1. The number of methoxy groups -OCH3 is 1. The first-order valence-electron chi connectivity index (χ1n) is 10.1. The summed E-state index contributed by atoms with van der Waals surface area (Å²) < 4.78 is 25.9. The zero-order valence-corrected chi connectivity index (χ0v) is 17.6. The van der Waals surface area contributed by atoms with Crippen LogP contribution in [-0.2, 0) is 22.7 Å². The van der Waals surface area contributed by atoms with Gasteiger partial charge >= 0.3 is 5.97 Å². The zero-order valence-electron chi connectivity index (χ0n) is 17.6. The molecular weight excluding hydrogens is 385 g/mol. The van der Waals surface area contributed by atoms with Crippen molar-refractivity contribution in [2.24, 2.45) is 0 Å². The number of nitrogens with zero attached hydrogens (tertiary/aromatic N) is 3. The number of aromatic nitrogens is 2. The average Bonchev–Trinajstić information content (AvgIpc) is 3.09. The standard InChI is InChI=1S/C23H26FN3O3/c1-15-17(13-24)5-4-6-18(15)14-27-16(2)25-22-20(23(28)29-3)11-19(12-21(22)27)26-7-9-30-10-8-26/h4-6,11-12H,7-10,13-14H2,1-3H3. The molecule has 1 fully saturated rings. The Morgan fingerprint density at radius 2 is 1.93 bits per heavy atom. The number of carbonyl (C=O) groups excluding carboxylic acids is 1. The number of esters is 1. The molecule has 0 amide bonds. The molecular formula is C23H26FN3O3. The maximum atomic E-state index is 13.3. The number of carbonyl (C=O) groups is 1. The number of hydrogen-bond acceptors (Lipinski definition) is 5. The van der Waals surface area contributed by atoms with Gasteiger partial charge in [0.25, 0.3) is 0 Å². The van der Waals surface area contributed by atoms with Crippen LogP contribution in [0.4, 0.5) is 10.1 Å². The summed E-state index contributed by atoms with van der Waals surface area (Å²) >= 11 is 0. The fourth-order valence-electron chi connectivity index (χ4n) is 4.02. The quantitative estimate of drug-likeness (QED) is 0.598. The Morgan fingerprint density at radius 3 is 2.63 bits per heavy atom. The van der Waals surface area contributed by atoms with Gasteiger partial charge in [-0.2, -0.15) is 0 Å². The minimum Gasteiger partial charge on any atom is -0.465 e. The predicted molar refractivity (Wildman–Crippen MR) is 114 cm³/mol. The van der Waals surface area contributed by atoms with Crippen LogP contribution in [0.2, 0.25) is 0 Å². The highest BCUT2D eigenvalue weighted by Crippen LogP contribution is 2.29. The number of rotatable bonds is 5. The van der Waals surface area contributed by atoms with Crippen molar-refractivity contribution in [1.82, 2.24) is 9.55 Å². The lowest BCUT2D eigenvalue weighted by Gasteiger charge is -2.29. The average molecular weight is 411 g/mol. The van der Waals surface area contributed by atoms with Crippen molar-refractivity contribution < 1.29 is 18.7 Å². The Balaban J connectivity index is 1.85. The lowest BCUT2D eigenvalue weighted by Crippen LogP contribution is -2.36. The smallest absolute Gasteiger partial charge is 0.340 e. The number of alkyl halides is 1. The van der Waals surface area contributed by atoms with Crippen molar-refractivity contribution in [3.05, 3.63) is 58.4 Å². The van der Waals surface area contributed by atoms with Crippen LogP contribution in [0.15, 0.2) is 30.3 Å². The third kappa shape index (κ3) is 3.65. The normalized spacial score (nSPS) is 14.3. The van der Waals surface area contributed by atoms with E-state index in [-0.39, 0.29) is 0 Å². The van der Waals surface area contributed by atoms with E-state index in [1.165, 1.54) is 7.11 Å². The van der Waals surface area contributed by atoms with Gasteiger partial charge in [0.1, 0.15) is 18.0 Å². The molecule has 6 nitrogen and oxygen atoms in total. The highest BCUT2D eigenvalue weighted by Gasteiger charge is 2.22. The Morgan fingerprint density at radius 1 is 1.20 bits per heavy atom. The van der Waals surface area contributed by atoms with Gasteiger partial charge < -0.3 is 18.9 Å². The Bertz CT molecular complexity index is 1090. The maximum absolute atomic E-state index is 13.3. The fraction of sp³-hybridized carbons (Fsp3) is 0.391. The molecule has 0 aliphatic carbocycles. The van der Waals surface area contributed by atoms with Crippen molar-refractivity contribution in [3.63, 3.8) is 0 Å². The second-order valence-electron chi connectivity index (χ2n) is 7.53. The third-order valence-electron chi connectivity index (χ3n) is 5.84. The summed E-state index contributed by atoms with van der Waals surface area (Å²) in [4.78, 5) is 19.4. The number of anilines is 1. The predicted octanol–water partition coefficient (Wildman–Crippen LogP) is 3.79. The number of halogens is 1. The molecule has 2 aromatic carbocycles. The van der Waals surface area contributed by atoms with Crippen molar-refractivity contribution in [1.29, 1.82) is 0 Å². The van der Waals surface area contributed by atoms with Crippen LogP contribution >= 0.6 is 0 Å². The van der Waals surface area contributed by atoms with Gasteiger partial charge in [0.05, 0.1) is 31.4 Å². The van der Waals surface area contributed by atoms with Crippen LogP contribution < -0.4 is 4.90 Å². The summed E-state index contributed by atoms with van der Waals surface area (Å²) in [7, 11) is 1.38. The number of imidazole rings is 1. The van der Waals surface area contributed by atoms with Gasteiger partial charge in [0.15, 0.2) is 0 Å². The molecule has 0 unspecified atom stereocenters. The molecule has 1 aliphatic rings. The molecule has 30 heavy (non-hydrogen) atoms. The monoisotopic (exact) mass is 411 g/mol. The number of morpholine rings is 1. The first kappa shape index (κ1) is 20.3. The Labute approximate surface area is 175 Å². The maximum Gasteiger partial charge on any atom is 0.340 e. The van der Waals surface area contributed by atoms with E-state index in [2.05, 4.69) is 20.5 Å². The largest absolute Gasteiger partial charge is 0.465 e. The molecule has 0 saturated carbocycles. The number of fused-ring (bicyclic) bond motifs is 1. The summed E-state index contributed by atoms with van der Waals surface area (Å²) in [6, 6.07) is 9.62.